The number of rotatable bonds is 8. The molecule has 1 aliphatic heterocycles. The van der Waals surface area contributed by atoms with Crippen LogP contribution in [0.15, 0.2) is 0 Å². The van der Waals surface area contributed by atoms with E-state index in [2.05, 4.69) is 30.8 Å². The molecule has 1 saturated heterocycles. The van der Waals surface area contributed by atoms with Crippen molar-refractivity contribution < 1.29 is 9.84 Å². The van der Waals surface area contributed by atoms with Crippen molar-refractivity contribution in [1.82, 2.24) is 9.80 Å². The maximum Gasteiger partial charge on any atom is 0.0900 e. The highest BCUT2D eigenvalue weighted by Crippen LogP contribution is 2.14. The van der Waals surface area contributed by atoms with Gasteiger partial charge in [-0.25, -0.2) is 0 Å². The molecular formula is C14H30N2O2. The van der Waals surface area contributed by atoms with E-state index in [0.717, 1.165) is 39.1 Å². The van der Waals surface area contributed by atoms with Crippen molar-refractivity contribution >= 4 is 0 Å². The van der Waals surface area contributed by atoms with Crippen molar-refractivity contribution in [3.63, 3.8) is 0 Å². The summed E-state index contributed by atoms with van der Waals surface area (Å²) >= 11 is 0. The summed E-state index contributed by atoms with van der Waals surface area (Å²) in [6.45, 7) is 6.34. The first-order valence-corrected chi connectivity index (χ1v) is 7.28. The Morgan fingerprint density at radius 1 is 1.33 bits per heavy atom. The highest BCUT2D eigenvalue weighted by Gasteiger charge is 2.21. The van der Waals surface area contributed by atoms with Gasteiger partial charge in [0.2, 0.25) is 0 Å². The Morgan fingerprint density at radius 2 is 2.00 bits per heavy atom. The number of aliphatic hydroxyl groups is 1. The fourth-order valence-electron chi connectivity index (χ4n) is 2.43. The molecule has 0 aliphatic carbocycles. The third-order valence-corrected chi connectivity index (χ3v) is 3.71. The second kappa shape index (κ2) is 8.86. The molecule has 0 spiro atoms. The number of aliphatic hydroxyl groups excluding tert-OH is 1. The number of β-amino-alcohol motifs (C(OH)–C–C–N with tert-alkyl or cyclic N) is 1. The molecule has 0 aromatic heterocycles. The molecule has 4 heteroatoms. The van der Waals surface area contributed by atoms with Crippen molar-refractivity contribution in [3.8, 4) is 0 Å². The lowest BCUT2D eigenvalue weighted by Gasteiger charge is -2.35. The summed E-state index contributed by atoms with van der Waals surface area (Å²) in [5.41, 5.74) is 0. The first-order chi connectivity index (χ1) is 8.63. The molecule has 1 heterocycles. The summed E-state index contributed by atoms with van der Waals surface area (Å²) < 4.78 is 5.45. The number of nitrogens with zero attached hydrogens (tertiary/aromatic N) is 2. The Balaban J connectivity index is 2.08. The van der Waals surface area contributed by atoms with Crippen LogP contribution in [-0.4, -0.2) is 74.0 Å². The van der Waals surface area contributed by atoms with Crippen LogP contribution < -0.4 is 0 Å². The van der Waals surface area contributed by atoms with Gasteiger partial charge in [0.25, 0.3) is 0 Å². The highest BCUT2D eigenvalue weighted by atomic mass is 16.5. The Bertz CT molecular complexity index is 204. The fraction of sp³-hybridized carbons (Fsp3) is 1.00. The smallest absolute Gasteiger partial charge is 0.0900 e. The van der Waals surface area contributed by atoms with Crippen LogP contribution >= 0.6 is 0 Å². The molecule has 1 unspecified atom stereocenters. The minimum Gasteiger partial charge on any atom is -0.389 e. The third-order valence-electron chi connectivity index (χ3n) is 3.71. The van der Waals surface area contributed by atoms with Crippen LogP contribution in [0, 0.1) is 0 Å². The second-order valence-electron chi connectivity index (χ2n) is 5.58. The normalized spacial score (nSPS) is 20.5. The van der Waals surface area contributed by atoms with Crippen molar-refractivity contribution in [2.75, 3.05) is 46.9 Å². The molecule has 1 atom stereocenters. The van der Waals surface area contributed by atoms with Crippen LogP contribution in [0.25, 0.3) is 0 Å². The maximum atomic E-state index is 9.90. The number of unbranched alkanes of at least 4 members (excludes halogenated alkanes) is 1. The average Bonchev–Trinajstić information content (AvgIpc) is 2.35. The predicted octanol–water partition coefficient (Wildman–Crippen LogP) is 1.19. The van der Waals surface area contributed by atoms with Crippen LogP contribution in [0.5, 0.6) is 0 Å². The Kier molecular flexibility index (Phi) is 7.82. The minimum absolute atomic E-state index is 0.335. The zero-order chi connectivity index (χ0) is 13.4. The van der Waals surface area contributed by atoms with Crippen LogP contribution in [0.4, 0.5) is 0 Å². The van der Waals surface area contributed by atoms with Gasteiger partial charge in [-0.15, -0.1) is 0 Å². The third kappa shape index (κ3) is 6.14. The molecule has 18 heavy (non-hydrogen) atoms. The lowest BCUT2D eigenvalue weighted by molar-refractivity contribution is 0.00846. The summed E-state index contributed by atoms with van der Waals surface area (Å²) in [7, 11) is 4.30. The number of piperidine rings is 1. The zero-order valence-corrected chi connectivity index (χ0v) is 12.3. The first kappa shape index (κ1) is 15.9. The number of hydrogen-bond acceptors (Lipinski definition) is 4. The predicted molar refractivity (Wildman–Crippen MR) is 74.9 cm³/mol. The van der Waals surface area contributed by atoms with Gasteiger partial charge in [0.05, 0.1) is 12.7 Å². The number of likely N-dealkylation sites (tertiary alicyclic amines) is 1. The van der Waals surface area contributed by atoms with Crippen LogP contribution in [0.2, 0.25) is 0 Å². The monoisotopic (exact) mass is 258 g/mol. The lowest BCUT2D eigenvalue weighted by atomic mass is 10.0. The average molecular weight is 258 g/mol. The SMILES string of the molecule is CCCCOCC(O)CN1CCC(N(C)C)CC1. The minimum atomic E-state index is -0.335. The molecule has 0 saturated carbocycles. The van der Waals surface area contributed by atoms with Gasteiger partial charge in [0.1, 0.15) is 0 Å². The van der Waals surface area contributed by atoms with E-state index < -0.39 is 0 Å². The van der Waals surface area contributed by atoms with E-state index >= 15 is 0 Å². The van der Waals surface area contributed by atoms with Gasteiger partial charge in [-0.05, 0) is 46.4 Å². The van der Waals surface area contributed by atoms with Gasteiger partial charge in [0.15, 0.2) is 0 Å². The molecule has 1 aliphatic rings. The topological polar surface area (TPSA) is 35.9 Å². The molecular weight excluding hydrogens is 228 g/mol. The molecule has 108 valence electrons. The Hall–Kier alpha value is -0.160. The van der Waals surface area contributed by atoms with Gasteiger partial charge in [0, 0.05) is 19.2 Å². The summed E-state index contributed by atoms with van der Waals surface area (Å²) in [6, 6.07) is 0.708. The standard InChI is InChI=1S/C14H30N2O2/c1-4-5-10-18-12-14(17)11-16-8-6-13(7-9-16)15(2)3/h13-14,17H,4-12H2,1-3H3. The van der Waals surface area contributed by atoms with Gasteiger partial charge >= 0.3 is 0 Å². The molecule has 1 N–H and O–H groups in total. The van der Waals surface area contributed by atoms with Crippen LogP contribution in [-0.2, 0) is 4.74 Å². The number of hydrogen-bond donors (Lipinski definition) is 1. The maximum absolute atomic E-state index is 9.90. The van der Waals surface area contributed by atoms with E-state index in [-0.39, 0.29) is 6.10 Å². The quantitative estimate of drug-likeness (QED) is 0.664. The summed E-state index contributed by atoms with van der Waals surface area (Å²) in [4.78, 5) is 4.66. The van der Waals surface area contributed by atoms with Gasteiger partial charge in [-0.2, -0.15) is 0 Å². The molecule has 0 bridgehead atoms. The summed E-state index contributed by atoms with van der Waals surface area (Å²) in [5, 5.41) is 9.90. The van der Waals surface area contributed by atoms with Crippen LogP contribution in [0.1, 0.15) is 32.6 Å². The van der Waals surface area contributed by atoms with Crippen molar-refractivity contribution in [1.29, 1.82) is 0 Å². The lowest BCUT2D eigenvalue weighted by Crippen LogP contribution is -2.45. The molecule has 0 aromatic rings. The van der Waals surface area contributed by atoms with E-state index in [9.17, 15) is 5.11 Å². The van der Waals surface area contributed by atoms with Gasteiger partial charge in [-0.3, -0.25) is 0 Å². The van der Waals surface area contributed by atoms with Crippen molar-refractivity contribution in [2.24, 2.45) is 0 Å². The fourth-order valence-corrected chi connectivity index (χ4v) is 2.43. The Morgan fingerprint density at radius 3 is 2.56 bits per heavy atom. The zero-order valence-electron chi connectivity index (χ0n) is 12.3. The molecule has 4 nitrogen and oxygen atoms in total. The Labute approximate surface area is 112 Å². The van der Waals surface area contributed by atoms with E-state index in [0.29, 0.717) is 12.6 Å². The highest BCUT2D eigenvalue weighted by molar-refractivity contribution is 4.78. The van der Waals surface area contributed by atoms with Gasteiger partial charge in [-0.1, -0.05) is 13.3 Å². The van der Waals surface area contributed by atoms with E-state index in [1.54, 1.807) is 0 Å². The molecule has 1 fully saturated rings. The first-order valence-electron chi connectivity index (χ1n) is 7.28. The van der Waals surface area contributed by atoms with Gasteiger partial charge < -0.3 is 19.6 Å². The largest absolute Gasteiger partial charge is 0.389 e. The molecule has 0 aromatic carbocycles. The molecule has 0 radical (unpaired) electrons. The summed E-state index contributed by atoms with van der Waals surface area (Å²) in [6.07, 6.45) is 4.31. The van der Waals surface area contributed by atoms with Crippen molar-refractivity contribution in [2.45, 2.75) is 44.8 Å². The number of ether oxygens (including phenoxy) is 1. The molecule has 0 amide bonds. The second-order valence-corrected chi connectivity index (χ2v) is 5.58. The summed E-state index contributed by atoms with van der Waals surface area (Å²) in [5.74, 6) is 0. The van der Waals surface area contributed by atoms with Crippen molar-refractivity contribution in [3.05, 3.63) is 0 Å². The van der Waals surface area contributed by atoms with E-state index in [4.69, 9.17) is 4.74 Å². The molecule has 1 rings (SSSR count). The van der Waals surface area contributed by atoms with E-state index in [1.807, 2.05) is 0 Å². The van der Waals surface area contributed by atoms with Crippen LogP contribution in [0.3, 0.4) is 0 Å². The van der Waals surface area contributed by atoms with E-state index in [1.165, 1.54) is 12.8 Å².